The smallest absolute Gasteiger partial charge is 0.322 e. The normalized spacial score (nSPS) is 14.7. The number of nitrogens with one attached hydrogen (secondary N) is 1. The standard InChI is InChI=1S/C22H24FN5O3S/c1-3-18(15-10-11-24-21(13-15)32(2,30)31)26-22(29)27-12-4-5-19-20(27)14-25-28(19)17-8-6-16(23)7-9-17/h6-11,13-14,18H,3-5,12H2,1-2H3,(H,26,29). The number of anilines is 1. The van der Waals surface area contributed by atoms with Gasteiger partial charge in [0.1, 0.15) is 5.82 Å². The highest BCUT2D eigenvalue weighted by molar-refractivity contribution is 7.90. The Morgan fingerprint density at radius 3 is 2.69 bits per heavy atom. The maximum Gasteiger partial charge on any atom is 0.322 e. The van der Waals surface area contributed by atoms with Crippen LogP contribution in [0.4, 0.5) is 14.9 Å². The molecule has 0 aliphatic carbocycles. The molecule has 1 aliphatic rings. The number of urea groups is 1. The van der Waals surface area contributed by atoms with Crippen LogP contribution >= 0.6 is 0 Å². The van der Waals surface area contributed by atoms with Crippen LogP contribution in [0.1, 0.15) is 37.1 Å². The van der Waals surface area contributed by atoms with Gasteiger partial charge in [-0.15, -0.1) is 0 Å². The van der Waals surface area contributed by atoms with E-state index >= 15 is 0 Å². The molecule has 32 heavy (non-hydrogen) atoms. The topological polar surface area (TPSA) is 97.2 Å². The Hall–Kier alpha value is -3.27. The van der Waals surface area contributed by atoms with Crippen molar-refractivity contribution in [1.82, 2.24) is 20.1 Å². The number of pyridine rings is 1. The molecule has 8 nitrogen and oxygen atoms in total. The minimum absolute atomic E-state index is 0.0245. The third-order valence-electron chi connectivity index (χ3n) is 5.50. The van der Waals surface area contributed by atoms with Gasteiger partial charge in [0.05, 0.1) is 29.3 Å². The largest absolute Gasteiger partial charge is 0.331 e. The molecule has 0 saturated heterocycles. The third kappa shape index (κ3) is 4.36. The van der Waals surface area contributed by atoms with E-state index in [0.717, 1.165) is 30.5 Å². The van der Waals surface area contributed by atoms with Crippen LogP contribution in [0.5, 0.6) is 0 Å². The summed E-state index contributed by atoms with van der Waals surface area (Å²) in [6.07, 6.45) is 6.27. The molecule has 3 aromatic rings. The van der Waals surface area contributed by atoms with Gasteiger partial charge < -0.3 is 5.32 Å². The molecule has 1 aromatic carbocycles. The number of hydrogen-bond acceptors (Lipinski definition) is 5. The van der Waals surface area contributed by atoms with Crippen LogP contribution in [0.15, 0.2) is 53.8 Å². The lowest BCUT2D eigenvalue weighted by Gasteiger charge is -2.29. The monoisotopic (exact) mass is 457 g/mol. The van der Waals surface area contributed by atoms with Crippen LogP contribution in [0.2, 0.25) is 0 Å². The third-order valence-corrected chi connectivity index (χ3v) is 6.48. The zero-order valence-corrected chi connectivity index (χ0v) is 18.6. The maximum atomic E-state index is 13.3. The van der Waals surface area contributed by atoms with E-state index in [1.165, 1.54) is 24.4 Å². The van der Waals surface area contributed by atoms with E-state index in [0.29, 0.717) is 24.2 Å². The molecular formula is C22H24FN5O3S. The van der Waals surface area contributed by atoms with Gasteiger partial charge in [0.2, 0.25) is 0 Å². The molecule has 168 valence electrons. The number of rotatable bonds is 5. The number of aromatic nitrogens is 3. The Balaban J connectivity index is 1.58. The number of hydrogen-bond donors (Lipinski definition) is 1. The Bertz CT molecular complexity index is 1240. The van der Waals surface area contributed by atoms with Crippen molar-refractivity contribution in [2.45, 2.75) is 37.3 Å². The van der Waals surface area contributed by atoms with Crippen molar-refractivity contribution in [3.63, 3.8) is 0 Å². The molecule has 3 heterocycles. The highest BCUT2D eigenvalue weighted by Gasteiger charge is 2.28. The summed E-state index contributed by atoms with van der Waals surface area (Å²) in [5, 5.41) is 7.41. The Labute approximate surface area is 186 Å². The van der Waals surface area contributed by atoms with Crippen molar-refractivity contribution >= 4 is 21.6 Å². The predicted octanol–water partition coefficient (Wildman–Crippen LogP) is 3.42. The highest BCUT2D eigenvalue weighted by Crippen LogP contribution is 2.30. The summed E-state index contributed by atoms with van der Waals surface area (Å²) in [6.45, 7) is 2.45. The number of nitrogens with zero attached hydrogens (tertiary/aromatic N) is 4. The summed E-state index contributed by atoms with van der Waals surface area (Å²) in [4.78, 5) is 18.7. The fourth-order valence-corrected chi connectivity index (χ4v) is 4.46. The number of halogens is 1. The van der Waals surface area contributed by atoms with Crippen molar-refractivity contribution in [3.8, 4) is 5.69 Å². The lowest BCUT2D eigenvalue weighted by molar-refractivity contribution is 0.241. The fourth-order valence-electron chi connectivity index (χ4n) is 3.86. The molecule has 0 bridgehead atoms. The van der Waals surface area contributed by atoms with Crippen LogP contribution in [0, 0.1) is 5.82 Å². The second-order valence-corrected chi connectivity index (χ2v) is 9.69. The molecule has 1 aliphatic heterocycles. The zero-order chi connectivity index (χ0) is 22.9. The average molecular weight is 458 g/mol. The van der Waals surface area contributed by atoms with Crippen LogP contribution in [0.3, 0.4) is 0 Å². The molecule has 10 heteroatoms. The van der Waals surface area contributed by atoms with Gasteiger partial charge in [0.15, 0.2) is 14.9 Å². The molecule has 2 aromatic heterocycles. The van der Waals surface area contributed by atoms with Crippen LogP contribution in [-0.4, -0.2) is 42.0 Å². The van der Waals surface area contributed by atoms with Crippen molar-refractivity contribution in [2.24, 2.45) is 0 Å². The molecule has 0 spiro atoms. The fraction of sp³-hybridized carbons (Fsp3) is 0.318. The van der Waals surface area contributed by atoms with Gasteiger partial charge >= 0.3 is 6.03 Å². The van der Waals surface area contributed by atoms with Crippen molar-refractivity contribution < 1.29 is 17.6 Å². The number of benzene rings is 1. The summed E-state index contributed by atoms with van der Waals surface area (Å²) in [5.41, 5.74) is 3.00. The Kier molecular flexibility index (Phi) is 5.96. The van der Waals surface area contributed by atoms with Gasteiger partial charge in [-0.1, -0.05) is 6.92 Å². The van der Waals surface area contributed by atoms with Gasteiger partial charge in [-0.3, -0.25) is 4.90 Å². The second kappa shape index (κ2) is 8.70. The van der Waals surface area contributed by atoms with Gasteiger partial charge in [0, 0.05) is 19.0 Å². The lowest BCUT2D eigenvalue weighted by atomic mass is 10.1. The van der Waals surface area contributed by atoms with Crippen molar-refractivity contribution in [2.75, 3.05) is 17.7 Å². The summed E-state index contributed by atoms with van der Waals surface area (Å²) in [5.74, 6) is -0.323. The first-order chi connectivity index (χ1) is 15.3. The average Bonchev–Trinajstić information content (AvgIpc) is 3.21. The minimum atomic E-state index is -3.45. The number of fused-ring (bicyclic) bond motifs is 1. The lowest BCUT2D eigenvalue weighted by Crippen LogP contribution is -2.44. The van der Waals surface area contributed by atoms with E-state index in [-0.39, 0.29) is 22.9 Å². The molecule has 1 atom stereocenters. The molecule has 0 radical (unpaired) electrons. The van der Waals surface area contributed by atoms with Crippen LogP contribution < -0.4 is 10.2 Å². The molecule has 1 unspecified atom stereocenters. The van der Waals surface area contributed by atoms with E-state index in [4.69, 9.17) is 0 Å². The highest BCUT2D eigenvalue weighted by atomic mass is 32.2. The molecule has 1 N–H and O–H groups in total. The molecule has 0 saturated carbocycles. The van der Waals surface area contributed by atoms with Crippen LogP contribution in [0.25, 0.3) is 5.69 Å². The van der Waals surface area contributed by atoms with Gasteiger partial charge in [0.25, 0.3) is 0 Å². The first kappa shape index (κ1) is 21.9. The SMILES string of the molecule is CCC(NC(=O)N1CCCc2c1cnn2-c1ccc(F)cc1)c1ccnc(S(C)(=O)=O)c1. The number of sulfone groups is 1. The number of carbonyl (C=O) groups is 1. The van der Waals surface area contributed by atoms with E-state index in [9.17, 15) is 17.6 Å². The summed E-state index contributed by atoms with van der Waals surface area (Å²) < 4.78 is 38.7. The predicted molar refractivity (Wildman–Crippen MR) is 118 cm³/mol. The summed E-state index contributed by atoms with van der Waals surface area (Å²) in [6, 6.07) is 8.60. The van der Waals surface area contributed by atoms with Crippen LogP contribution in [-0.2, 0) is 16.3 Å². The molecule has 0 fully saturated rings. The summed E-state index contributed by atoms with van der Waals surface area (Å²) >= 11 is 0. The zero-order valence-electron chi connectivity index (χ0n) is 17.8. The summed E-state index contributed by atoms with van der Waals surface area (Å²) in [7, 11) is -3.45. The van der Waals surface area contributed by atoms with Gasteiger partial charge in [-0.25, -0.2) is 27.3 Å². The first-order valence-corrected chi connectivity index (χ1v) is 12.2. The van der Waals surface area contributed by atoms with E-state index in [1.807, 2.05) is 6.92 Å². The number of amides is 2. The van der Waals surface area contributed by atoms with E-state index in [2.05, 4.69) is 15.4 Å². The first-order valence-electron chi connectivity index (χ1n) is 10.3. The quantitative estimate of drug-likeness (QED) is 0.633. The number of carbonyl (C=O) groups excluding carboxylic acids is 1. The second-order valence-electron chi connectivity index (χ2n) is 7.73. The van der Waals surface area contributed by atoms with Crippen molar-refractivity contribution in [3.05, 3.63) is 65.9 Å². The van der Waals surface area contributed by atoms with Gasteiger partial charge in [-0.05, 0) is 61.2 Å². The van der Waals surface area contributed by atoms with Gasteiger partial charge in [-0.2, -0.15) is 5.10 Å². The Morgan fingerprint density at radius 1 is 1.25 bits per heavy atom. The molecular weight excluding hydrogens is 433 g/mol. The van der Waals surface area contributed by atoms with E-state index < -0.39 is 9.84 Å². The molecule has 2 amide bonds. The maximum absolute atomic E-state index is 13.3. The Morgan fingerprint density at radius 2 is 2.00 bits per heavy atom. The van der Waals surface area contributed by atoms with Crippen molar-refractivity contribution in [1.29, 1.82) is 0 Å². The van der Waals surface area contributed by atoms with E-state index in [1.54, 1.807) is 34.0 Å². The minimum Gasteiger partial charge on any atom is -0.331 e. The molecule has 4 rings (SSSR count).